The first-order valence-electron chi connectivity index (χ1n) is 8.91. The quantitative estimate of drug-likeness (QED) is 0.355. The Bertz CT molecular complexity index is 379. The second-order valence-corrected chi connectivity index (χ2v) is 6.25. The lowest BCUT2D eigenvalue weighted by atomic mass is 10.1. The van der Waals surface area contributed by atoms with Crippen molar-refractivity contribution in [2.75, 3.05) is 26.2 Å². The van der Waals surface area contributed by atoms with Crippen LogP contribution in [0, 0.1) is 0 Å². The van der Waals surface area contributed by atoms with Gasteiger partial charge in [0.15, 0.2) is 6.17 Å². The third-order valence-corrected chi connectivity index (χ3v) is 4.65. The molecule has 0 fully saturated rings. The fraction of sp³-hybridized carbons (Fsp3) is 0.778. The second-order valence-electron chi connectivity index (χ2n) is 6.25. The largest absolute Gasteiger partial charge is 0.351 e. The minimum atomic E-state index is 0.0612. The Morgan fingerprint density at radius 1 is 1.32 bits per heavy atom. The summed E-state index contributed by atoms with van der Waals surface area (Å²) < 4.78 is 1.01. The molecule has 1 rings (SSSR count). The Morgan fingerprint density at radius 2 is 2.14 bits per heavy atom. The van der Waals surface area contributed by atoms with Crippen molar-refractivity contribution in [3.63, 3.8) is 0 Å². The number of nitrogens with one attached hydrogen (secondary N) is 1. The number of aliphatic imine (C=N–C) groups is 1. The van der Waals surface area contributed by atoms with Crippen LogP contribution in [0.1, 0.15) is 59.3 Å². The molecule has 1 heterocycles. The lowest BCUT2D eigenvalue weighted by molar-refractivity contribution is -0.935. The van der Waals surface area contributed by atoms with E-state index in [-0.39, 0.29) is 5.91 Å². The molecule has 0 saturated heterocycles. The number of amides is 1. The molecule has 0 aromatic heterocycles. The lowest BCUT2D eigenvalue weighted by Crippen LogP contribution is -2.55. The molecule has 0 aromatic carbocycles. The first-order valence-corrected chi connectivity index (χ1v) is 8.91. The number of carbonyl (C=O) groups is 1. The molecule has 1 aliphatic rings. The smallest absolute Gasteiger partial charge is 0.217 e. The van der Waals surface area contributed by atoms with Crippen LogP contribution in [0.4, 0.5) is 0 Å². The maximum atomic E-state index is 11.1. The first-order chi connectivity index (χ1) is 10.6. The number of carbonyl (C=O) groups excluding carboxylic acids is 1. The zero-order chi connectivity index (χ0) is 16.3. The van der Waals surface area contributed by atoms with Crippen molar-refractivity contribution >= 4 is 12.1 Å². The summed E-state index contributed by atoms with van der Waals surface area (Å²) in [6.07, 6.45) is 14.4. The maximum absolute atomic E-state index is 11.1. The Balaban J connectivity index is 2.31. The van der Waals surface area contributed by atoms with Gasteiger partial charge in [-0.1, -0.05) is 25.5 Å². The van der Waals surface area contributed by atoms with E-state index >= 15 is 0 Å². The van der Waals surface area contributed by atoms with E-state index in [9.17, 15) is 4.79 Å². The second kappa shape index (κ2) is 10.5. The fourth-order valence-electron chi connectivity index (χ4n) is 3.19. The van der Waals surface area contributed by atoms with Gasteiger partial charge in [0, 0.05) is 13.3 Å². The summed E-state index contributed by atoms with van der Waals surface area (Å²) >= 11 is 0. The summed E-state index contributed by atoms with van der Waals surface area (Å²) in [6, 6.07) is 0. The van der Waals surface area contributed by atoms with E-state index in [1.165, 1.54) is 32.1 Å². The third-order valence-electron chi connectivity index (χ3n) is 4.65. The van der Waals surface area contributed by atoms with E-state index in [4.69, 9.17) is 4.99 Å². The van der Waals surface area contributed by atoms with Gasteiger partial charge < -0.3 is 5.32 Å². The molecule has 2 unspecified atom stereocenters. The standard InChI is InChI=1S/C18H33N3O/c1-4-6-7-8-9-10-11-12-18-20-14-16-21(18,5-2)15-13-19-17(3)22/h6-7,14,18H,4-5,8-13,15-16H2,1-3H3/p+1/b7-6+. The molecule has 0 aromatic rings. The van der Waals surface area contributed by atoms with Gasteiger partial charge in [-0.25, -0.2) is 4.99 Å². The minimum absolute atomic E-state index is 0.0612. The Hall–Kier alpha value is -1.16. The maximum Gasteiger partial charge on any atom is 0.217 e. The molecule has 0 saturated carbocycles. The number of quaternary nitrogens is 1. The van der Waals surface area contributed by atoms with Crippen LogP contribution < -0.4 is 5.32 Å². The zero-order valence-corrected chi connectivity index (χ0v) is 14.7. The Morgan fingerprint density at radius 3 is 2.82 bits per heavy atom. The minimum Gasteiger partial charge on any atom is -0.351 e. The van der Waals surface area contributed by atoms with Crippen molar-refractivity contribution in [1.29, 1.82) is 0 Å². The lowest BCUT2D eigenvalue weighted by Gasteiger charge is -2.38. The van der Waals surface area contributed by atoms with Gasteiger partial charge in [-0.3, -0.25) is 9.28 Å². The summed E-state index contributed by atoms with van der Waals surface area (Å²) in [7, 11) is 0. The average molecular weight is 308 g/mol. The van der Waals surface area contributed by atoms with E-state index < -0.39 is 0 Å². The highest BCUT2D eigenvalue weighted by Gasteiger charge is 2.37. The van der Waals surface area contributed by atoms with E-state index in [0.717, 1.165) is 37.1 Å². The van der Waals surface area contributed by atoms with Gasteiger partial charge in [-0.2, -0.15) is 0 Å². The molecule has 4 nitrogen and oxygen atoms in total. The van der Waals surface area contributed by atoms with Crippen molar-refractivity contribution in [3.8, 4) is 0 Å². The average Bonchev–Trinajstić information content (AvgIpc) is 2.89. The number of hydrogen-bond acceptors (Lipinski definition) is 2. The van der Waals surface area contributed by atoms with Crippen molar-refractivity contribution in [2.24, 2.45) is 4.99 Å². The van der Waals surface area contributed by atoms with Crippen molar-refractivity contribution in [2.45, 2.75) is 65.5 Å². The van der Waals surface area contributed by atoms with Crippen LogP contribution in [0.3, 0.4) is 0 Å². The molecule has 4 heteroatoms. The van der Waals surface area contributed by atoms with E-state index in [2.05, 4.69) is 37.5 Å². The number of hydrogen-bond donors (Lipinski definition) is 1. The van der Waals surface area contributed by atoms with Crippen LogP contribution in [-0.2, 0) is 4.79 Å². The summed E-state index contributed by atoms with van der Waals surface area (Å²) in [5, 5.41) is 2.93. The normalized spacial score (nSPS) is 24.2. The van der Waals surface area contributed by atoms with Crippen LogP contribution in [0.2, 0.25) is 0 Å². The predicted molar refractivity (Wildman–Crippen MR) is 94.0 cm³/mol. The summed E-state index contributed by atoms with van der Waals surface area (Å²) in [5.41, 5.74) is 0. The molecule has 2 atom stereocenters. The molecule has 22 heavy (non-hydrogen) atoms. The molecule has 0 bridgehead atoms. The molecule has 0 aliphatic carbocycles. The molecule has 1 aliphatic heterocycles. The van der Waals surface area contributed by atoms with Crippen LogP contribution in [0.5, 0.6) is 0 Å². The SMILES string of the molecule is CC/C=C/CCCCCC1N=CC[N+]1(CC)CCNC(C)=O. The van der Waals surface area contributed by atoms with Crippen molar-refractivity contribution in [1.82, 2.24) is 5.32 Å². The monoisotopic (exact) mass is 308 g/mol. The topological polar surface area (TPSA) is 41.5 Å². The van der Waals surface area contributed by atoms with E-state index in [1.54, 1.807) is 6.92 Å². The number of rotatable bonds is 11. The molecular formula is C18H34N3O+. The molecular weight excluding hydrogens is 274 g/mol. The Kier molecular flexibility index (Phi) is 9.05. The van der Waals surface area contributed by atoms with Crippen molar-refractivity contribution < 1.29 is 9.28 Å². The number of unbranched alkanes of at least 4 members (excludes halogenated alkanes) is 3. The molecule has 126 valence electrons. The van der Waals surface area contributed by atoms with Gasteiger partial charge >= 0.3 is 0 Å². The highest BCUT2D eigenvalue weighted by Crippen LogP contribution is 2.23. The highest BCUT2D eigenvalue weighted by atomic mass is 16.1. The molecule has 0 spiro atoms. The van der Waals surface area contributed by atoms with Crippen LogP contribution in [-0.4, -0.2) is 48.9 Å². The van der Waals surface area contributed by atoms with Gasteiger partial charge in [0.05, 0.1) is 25.8 Å². The fourth-order valence-corrected chi connectivity index (χ4v) is 3.19. The number of nitrogens with zero attached hydrogens (tertiary/aromatic N) is 2. The Labute approximate surface area is 136 Å². The molecule has 0 radical (unpaired) electrons. The number of likely N-dealkylation sites (N-methyl/N-ethyl adjacent to an activating group) is 1. The number of allylic oxidation sites excluding steroid dienone is 2. The summed E-state index contributed by atoms with van der Waals surface area (Å²) in [6.45, 7) is 9.85. The van der Waals surface area contributed by atoms with Crippen molar-refractivity contribution in [3.05, 3.63) is 12.2 Å². The molecule has 1 amide bonds. The van der Waals surface area contributed by atoms with Gasteiger partial charge in [0.25, 0.3) is 0 Å². The van der Waals surface area contributed by atoms with E-state index in [1.807, 2.05) is 0 Å². The predicted octanol–water partition coefficient (Wildman–Crippen LogP) is 3.29. The first kappa shape index (κ1) is 18.9. The highest BCUT2D eigenvalue weighted by molar-refractivity contribution is 5.72. The van der Waals surface area contributed by atoms with Gasteiger partial charge in [-0.05, 0) is 32.6 Å². The van der Waals surface area contributed by atoms with E-state index in [0.29, 0.717) is 6.17 Å². The third kappa shape index (κ3) is 6.30. The van der Waals surface area contributed by atoms with Crippen LogP contribution in [0.25, 0.3) is 0 Å². The summed E-state index contributed by atoms with van der Waals surface area (Å²) in [4.78, 5) is 15.8. The van der Waals surface area contributed by atoms with Gasteiger partial charge in [-0.15, -0.1) is 0 Å². The van der Waals surface area contributed by atoms with Crippen LogP contribution >= 0.6 is 0 Å². The molecule has 1 N–H and O–H groups in total. The van der Waals surface area contributed by atoms with Gasteiger partial charge in [0.2, 0.25) is 5.91 Å². The van der Waals surface area contributed by atoms with Crippen LogP contribution in [0.15, 0.2) is 17.1 Å². The van der Waals surface area contributed by atoms with Gasteiger partial charge in [0.1, 0.15) is 6.54 Å². The zero-order valence-electron chi connectivity index (χ0n) is 14.7. The summed E-state index contributed by atoms with van der Waals surface area (Å²) in [5.74, 6) is 0.0612.